The average Bonchev–Trinajstić information content (AvgIpc) is 2.74. The molecule has 0 aromatic carbocycles. The van der Waals surface area contributed by atoms with Gasteiger partial charge in [0.05, 0.1) is 6.42 Å². The Morgan fingerprint density at radius 3 is 2.76 bits per heavy atom. The van der Waals surface area contributed by atoms with E-state index in [4.69, 9.17) is 5.11 Å². The molecule has 0 spiro atoms. The maximum Gasteiger partial charge on any atom is 0.303 e. The molecule has 7 heteroatoms. The average molecular weight is 238 g/mol. The minimum absolute atomic E-state index is 0.101. The van der Waals surface area contributed by atoms with Crippen LogP contribution in [0, 0.1) is 5.41 Å². The van der Waals surface area contributed by atoms with Crippen LogP contribution >= 0.6 is 0 Å². The second kappa shape index (κ2) is 4.52. The van der Waals surface area contributed by atoms with E-state index >= 15 is 0 Å². The van der Waals surface area contributed by atoms with Gasteiger partial charge in [-0.3, -0.25) is 14.7 Å². The van der Waals surface area contributed by atoms with Gasteiger partial charge in [0.25, 0.3) is 5.91 Å². The number of hydrogen-bond acceptors (Lipinski definition) is 4. The van der Waals surface area contributed by atoms with Gasteiger partial charge in [-0.2, -0.15) is 5.10 Å². The molecule has 7 nitrogen and oxygen atoms in total. The number of nitrogens with one attached hydrogen (secondary N) is 2. The van der Waals surface area contributed by atoms with Crippen molar-refractivity contribution in [1.29, 1.82) is 0 Å². The lowest BCUT2D eigenvalue weighted by Gasteiger charge is -2.40. The van der Waals surface area contributed by atoms with E-state index < -0.39 is 5.97 Å². The Balaban J connectivity index is 1.88. The number of aromatic nitrogens is 3. The first-order valence-corrected chi connectivity index (χ1v) is 5.47. The highest BCUT2D eigenvalue weighted by atomic mass is 16.4. The highest BCUT2D eigenvalue weighted by molar-refractivity contribution is 5.90. The number of rotatable bonds is 5. The molecule has 1 fully saturated rings. The largest absolute Gasteiger partial charge is 0.481 e. The summed E-state index contributed by atoms with van der Waals surface area (Å²) < 4.78 is 0. The predicted molar refractivity (Wildman–Crippen MR) is 57.3 cm³/mol. The van der Waals surface area contributed by atoms with E-state index in [2.05, 4.69) is 20.5 Å². The van der Waals surface area contributed by atoms with Gasteiger partial charge >= 0.3 is 5.97 Å². The van der Waals surface area contributed by atoms with E-state index in [9.17, 15) is 9.59 Å². The van der Waals surface area contributed by atoms with Crippen LogP contribution in [0.15, 0.2) is 6.33 Å². The predicted octanol–water partition coefficient (Wildman–Crippen LogP) is 0.179. The van der Waals surface area contributed by atoms with E-state index in [-0.39, 0.29) is 23.6 Å². The van der Waals surface area contributed by atoms with Crippen LogP contribution in [-0.4, -0.2) is 38.7 Å². The highest BCUT2D eigenvalue weighted by Gasteiger charge is 2.39. The first kappa shape index (κ1) is 11.6. The van der Waals surface area contributed by atoms with Crippen LogP contribution in [0.5, 0.6) is 0 Å². The summed E-state index contributed by atoms with van der Waals surface area (Å²) in [5.41, 5.74) is -0.276. The number of carbonyl (C=O) groups is 2. The zero-order valence-electron chi connectivity index (χ0n) is 9.27. The fraction of sp³-hybridized carbons (Fsp3) is 0.600. The zero-order chi connectivity index (χ0) is 12.3. The van der Waals surface area contributed by atoms with Gasteiger partial charge in [-0.15, -0.1) is 0 Å². The molecule has 0 atom stereocenters. The van der Waals surface area contributed by atoms with Gasteiger partial charge < -0.3 is 10.4 Å². The van der Waals surface area contributed by atoms with Gasteiger partial charge in [0, 0.05) is 6.54 Å². The van der Waals surface area contributed by atoms with Gasteiger partial charge in [0.2, 0.25) is 5.82 Å². The summed E-state index contributed by atoms with van der Waals surface area (Å²) in [4.78, 5) is 26.1. The van der Waals surface area contributed by atoms with Crippen LogP contribution in [0.4, 0.5) is 0 Å². The molecule has 0 aliphatic heterocycles. The molecular weight excluding hydrogens is 224 g/mol. The molecule has 1 aromatic heterocycles. The maximum absolute atomic E-state index is 11.6. The molecule has 17 heavy (non-hydrogen) atoms. The van der Waals surface area contributed by atoms with Crippen LogP contribution in [0.2, 0.25) is 0 Å². The number of amides is 1. The van der Waals surface area contributed by atoms with Crippen molar-refractivity contribution in [2.24, 2.45) is 5.41 Å². The molecule has 1 amide bonds. The Labute approximate surface area is 97.6 Å². The zero-order valence-corrected chi connectivity index (χ0v) is 9.27. The highest BCUT2D eigenvalue weighted by Crippen LogP contribution is 2.43. The van der Waals surface area contributed by atoms with E-state index in [0.29, 0.717) is 6.54 Å². The SMILES string of the molecule is O=C(O)CC1(CNC(=O)c2ncn[nH]2)CCC1. The second-order valence-electron chi connectivity index (χ2n) is 4.44. The quantitative estimate of drug-likeness (QED) is 0.678. The van der Waals surface area contributed by atoms with E-state index in [1.54, 1.807) is 0 Å². The normalized spacial score (nSPS) is 17.2. The van der Waals surface area contributed by atoms with Crippen LogP contribution in [0.3, 0.4) is 0 Å². The van der Waals surface area contributed by atoms with Gasteiger partial charge in [0.15, 0.2) is 0 Å². The lowest BCUT2D eigenvalue weighted by Crippen LogP contribution is -2.43. The number of hydrogen-bond donors (Lipinski definition) is 3. The first-order chi connectivity index (χ1) is 8.11. The molecule has 0 saturated heterocycles. The second-order valence-corrected chi connectivity index (χ2v) is 4.44. The Kier molecular flexibility index (Phi) is 3.08. The van der Waals surface area contributed by atoms with Crippen molar-refractivity contribution in [1.82, 2.24) is 20.5 Å². The molecule has 1 aliphatic rings. The maximum atomic E-state index is 11.6. The molecule has 92 valence electrons. The van der Waals surface area contributed by atoms with E-state index in [0.717, 1.165) is 19.3 Å². The fourth-order valence-corrected chi connectivity index (χ4v) is 2.08. The summed E-state index contributed by atoms with van der Waals surface area (Å²) in [5, 5.41) is 17.6. The monoisotopic (exact) mass is 238 g/mol. The summed E-state index contributed by atoms with van der Waals surface area (Å²) >= 11 is 0. The van der Waals surface area contributed by atoms with E-state index in [1.165, 1.54) is 6.33 Å². The van der Waals surface area contributed by atoms with Crippen molar-refractivity contribution in [2.45, 2.75) is 25.7 Å². The van der Waals surface area contributed by atoms with Crippen LogP contribution < -0.4 is 5.32 Å². The molecule has 1 heterocycles. The number of aliphatic carboxylic acids is 1. The smallest absolute Gasteiger partial charge is 0.303 e. The molecule has 0 unspecified atom stereocenters. The van der Waals surface area contributed by atoms with Crippen molar-refractivity contribution in [3.05, 3.63) is 12.2 Å². The van der Waals surface area contributed by atoms with Crippen molar-refractivity contribution in [3.63, 3.8) is 0 Å². The van der Waals surface area contributed by atoms with Crippen molar-refractivity contribution < 1.29 is 14.7 Å². The molecular formula is C10H14N4O3. The minimum atomic E-state index is -0.821. The Bertz CT molecular complexity index is 411. The molecule has 1 aliphatic carbocycles. The first-order valence-electron chi connectivity index (χ1n) is 5.47. The minimum Gasteiger partial charge on any atom is -0.481 e. The van der Waals surface area contributed by atoms with Crippen molar-refractivity contribution in [3.8, 4) is 0 Å². The summed E-state index contributed by atoms with van der Waals surface area (Å²) in [6.45, 7) is 0.374. The topological polar surface area (TPSA) is 108 Å². The third kappa shape index (κ3) is 2.61. The number of aromatic amines is 1. The van der Waals surface area contributed by atoms with Gasteiger partial charge in [0.1, 0.15) is 6.33 Å². The Morgan fingerprint density at radius 1 is 1.53 bits per heavy atom. The Hall–Kier alpha value is -1.92. The van der Waals surface area contributed by atoms with Crippen LogP contribution in [-0.2, 0) is 4.79 Å². The summed E-state index contributed by atoms with van der Waals surface area (Å²) in [5.74, 6) is -1.02. The lowest BCUT2D eigenvalue weighted by molar-refractivity contribution is -0.141. The number of nitrogens with zero attached hydrogens (tertiary/aromatic N) is 2. The van der Waals surface area contributed by atoms with E-state index in [1.807, 2.05) is 0 Å². The van der Waals surface area contributed by atoms with Gasteiger partial charge in [-0.1, -0.05) is 6.42 Å². The number of carboxylic acids is 1. The van der Waals surface area contributed by atoms with Crippen LogP contribution in [0.25, 0.3) is 0 Å². The number of carboxylic acid groups (broad SMARTS) is 1. The number of carbonyl (C=O) groups excluding carboxylic acids is 1. The lowest BCUT2D eigenvalue weighted by atomic mass is 9.66. The fourth-order valence-electron chi connectivity index (χ4n) is 2.08. The van der Waals surface area contributed by atoms with Gasteiger partial charge in [-0.05, 0) is 18.3 Å². The summed E-state index contributed by atoms with van der Waals surface area (Å²) in [6, 6.07) is 0. The third-order valence-electron chi connectivity index (χ3n) is 3.19. The van der Waals surface area contributed by atoms with Crippen molar-refractivity contribution in [2.75, 3.05) is 6.54 Å². The third-order valence-corrected chi connectivity index (χ3v) is 3.19. The van der Waals surface area contributed by atoms with Crippen molar-refractivity contribution >= 4 is 11.9 Å². The standard InChI is InChI=1S/C10H14N4O3/c15-7(16)4-10(2-1-3-10)5-11-9(17)8-12-6-13-14-8/h6H,1-5H2,(H,11,17)(H,15,16)(H,12,13,14). The molecule has 1 saturated carbocycles. The summed E-state index contributed by atoms with van der Waals surface area (Å²) in [7, 11) is 0. The summed E-state index contributed by atoms with van der Waals surface area (Å²) in [6.07, 6.45) is 4.06. The molecule has 1 aromatic rings. The van der Waals surface area contributed by atoms with Crippen LogP contribution in [0.1, 0.15) is 36.3 Å². The molecule has 2 rings (SSSR count). The molecule has 0 bridgehead atoms. The molecule has 0 radical (unpaired) electrons. The number of H-pyrrole nitrogens is 1. The Morgan fingerprint density at radius 2 is 2.29 bits per heavy atom. The molecule has 3 N–H and O–H groups in total. The van der Waals surface area contributed by atoms with Gasteiger partial charge in [-0.25, -0.2) is 4.98 Å².